The van der Waals surface area contributed by atoms with Crippen LogP contribution in [0.25, 0.3) is 11.0 Å². The minimum Gasteiger partial charge on any atom is -0.352 e. The third kappa shape index (κ3) is 9.53. The smallest absolute Gasteiger partial charge is 0.323 e. The maximum atomic E-state index is 13.0. The van der Waals surface area contributed by atoms with E-state index < -0.39 is 17.7 Å². The predicted molar refractivity (Wildman–Crippen MR) is 177 cm³/mol. The van der Waals surface area contributed by atoms with Crippen LogP contribution in [0.4, 0.5) is 17.1 Å². The second-order valence-electron chi connectivity index (χ2n) is 11.3. The Morgan fingerprint density at radius 3 is 2.26 bits per heavy atom. The van der Waals surface area contributed by atoms with E-state index in [-0.39, 0.29) is 17.5 Å². The van der Waals surface area contributed by atoms with Crippen molar-refractivity contribution in [2.24, 2.45) is 10.2 Å². The molecule has 13 heteroatoms. The Labute approximate surface area is 265 Å². The van der Waals surface area contributed by atoms with Crippen LogP contribution in [0, 0.1) is 6.92 Å². The van der Waals surface area contributed by atoms with Crippen LogP contribution in [0.2, 0.25) is 0 Å². The summed E-state index contributed by atoms with van der Waals surface area (Å²) in [5, 5.41) is 16.4. The van der Waals surface area contributed by atoms with Gasteiger partial charge in [0.1, 0.15) is 0 Å². The lowest BCUT2D eigenvalue weighted by molar-refractivity contribution is -0.126. The summed E-state index contributed by atoms with van der Waals surface area (Å²) >= 11 is 0. The number of carbonyl (C=O) groups excluding carboxylic acids is 4. The lowest BCUT2D eigenvalue weighted by Gasteiger charge is -2.11. The topological polar surface area (TPSA) is 181 Å². The Kier molecular flexibility index (Phi) is 11.3. The summed E-state index contributed by atoms with van der Waals surface area (Å²) in [5.41, 5.74) is 3.52. The summed E-state index contributed by atoms with van der Waals surface area (Å²) in [6, 6.07) is 14.7. The first-order valence-electron chi connectivity index (χ1n) is 14.9. The van der Waals surface area contributed by atoms with Crippen molar-refractivity contribution in [3.05, 3.63) is 87.8 Å². The molecule has 3 amide bonds. The number of rotatable bonds is 14. The van der Waals surface area contributed by atoms with Crippen molar-refractivity contribution in [2.75, 3.05) is 37.8 Å². The van der Waals surface area contributed by atoms with Crippen molar-refractivity contribution >= 4 is 51.6 Å². The van der Waals surface area contributed by atoms with Gasteiger partial charge in [0.15, 0.2) is 5.78 Å². The number of benzene rings is 3. The fourth-order valence-corrected chi connectivity index (χ4v) is 4.67. The van der Waals surface area contributed by atoms with Crippen LogP contribution < -0.4 is 21.6 Å². The zero-order chi connectivity index (χ0) is 33.2. The number of fused-ring (bicyclic) bond motifs is 1. The Hall–Kier alpha value is -5.43. The number of unbranched alkanes of at least 4 members (excludes halogenated alkanes) is 2. The van der Waals surface area contributed by atoms with Crippen LogP contribution in [-0.4, -0.2) is 71.6 Å². The van der Waals surface area contributed by atoms with Crippen LogP contribution >= 0.6 is 0 Å². The number of Topliss-reactive ketones (excluding diaryl/α,β-unsaturated/α-hetero) is 1. The largest absolute Gasteiger partial charge is 0.352 e. The van der Waals surface area contributed by atoms with Gasteiger partial charge in [-0.25, -0.2) is 4.79 Å². The maximum absolute atomic E-state index is 13.0. The van der Waals surface area contributed by atoms with E-state index in [9.17, 15) is 24.0 Å². The highest BCUT2D eigenvalue weighted by Crippen LogP contribution is 2.20. The van der Waals surface area contributed by atoms with Crippen molar-refractivity contribution in [1.82, 2.24) is 20.2 Å². The summed E-state index contributed by atoms with van der Waals surface area (Å²) < 4.78 is 0. The van der Waals surface area contributed by atoms with Crippen LogP contribution in [0.3, 0.4) is 0 Å². The minimum absolute atomic E-state index is 0.197. The van der Waals surface area contributed by atoms with Crippen molar-refractivity contribution < 1.29 is 19.2 Å². The summed E-state index contributed by atoms with van der Waals surface area (Å²) in [5.74, 6) is -1.78. The molecule has 0 aliphatic heterocycles. The molecule has 0 fully saturated rings. The highest BCUT2D eigenvalue weighted by atomic mass is 16.2. The first-order valence-corrected chi connectivity index (χ1v) is 14.9. The average molecular weight is 627 g/mol. The van der Waals surface area contributed by atoms with Crippen molar-refractivity contribution in [1.29, 1.82) is 0 Å². The second-order valence-corrected chi connectivity index (χ2v) is 11.3. The van der Waals surface area contributed by atoms with Gasteiger partial charge < -0.3 is 30.8 Å². The molecule has 0 saturated heterocycles. The molecule has 1 unspecified atom stereocenters. The highest BCUT2D eigenvalue weighted by molar-refractivity contribution is 6.10. The van der Waals surface area contributed by atoms with Gasteiger partial charge in [-0.1, -0.05) is 6.42 Å². The highest BCUT2D eigenvalue weighted by Gasteiger charge is 2.23. The van der Waals surface area contributed by atoms with Crippen LogP contribution in [-0.2, 0) is 9.59 Å². The number of aromatic amines is 2. The number of nitrogens with one attached hydrogen (secondary N) is 5. The summed E-state index contributed by atoms with van der Waals surface area (Å²) in [6.07, 6.45) is 2.99. The third-order valence-corrected chi connectivity index (χ3v) is 7.00. The van der Waals surface area contributed by atoms with Crippen molar-refractivity contribution in [3.63, 3.8) is 0 Å². The van der Waals surface area contributed by atoms with Crippen molar-refractivity contribution in [3.8, 4) is 0 Å². The molecule has 1 aromatic heterocycles. The number of carbonyl (C=O) groups is 4. The second kappa shape index (κ2) is 15.5. The lowest BCUT2D eigenvalue weighted by Crippen LogP contribution is -2.31. The summed E-state index contributed by atoms with van der Waals surface area (Å²) in [6.45, 7) is 4.68. The molecule has 0 spiro atoms. The van der Waals surface area contributed by atoms with Crippen LogP contribution in [0.1, 0.15) is 52.5 Å². The van der Waals surface area contributed by atoms with E-state index in [1.165, 1.54) is 19.1 Å². The fraction of sp³-hybridized carbons (Fsp3) is 0.303. The average Bonchev–Trinajstić information content (AvgIpc) is 3.37. The van der Waals surface area contributed by atoms with E-state index >= 15 is 0 Å². The monoisotopic (exact) mass is 626 g/mol. The van der Waals surface area contributed by atoms with E-state index in [4.69, 9.17) is 0 Å². The molecule has 1 atom stereocenters. The Balaban J connectivity index is 1.33. The first-order chi connectivity index (χ1) is 22.0. The fourth-order valence-electron chi connectivity index (χ4n) is 4.67. The van der Waals surface area contributed by atoms with E-state index in [0.29, 0.717) is 45.8 Å². The number of ketones is 1. The van der Waals surface area contributed by atoms with Gasteiger partial charge in [-0.2, -0.15) is 10.2 Å². The summed E-state index contributed by atoms with van der Waals surface area (Å²) in [4.78, 5) is 69.5. The molecule has 5 N–H and O–H groups in total. The van der Waals surface area contributed by atoms with Gasteiger partial charge >= 0.3 is 5.69 Å². The van der Waals surface area contributed by atoms with Gasteiger partial charge in [0.25, 0.3) is 17.7 Å². The van der Waals surface area contributed by atoms with E-state index in [1.807, 2.05) is 21.0 Å². The van der Waals surface area contributed by atoms with Crippen molar-refractivity contribution in [2.45, 2.75) is 39.2 Å². The molecular weight excluding hydrogens is 588 g/mol. The molecule has 0 radical (unpaired) electrons. The quantitative estimate of drug-likeness (QED) is 0.0777. The van der Waals surface area contributed by atoms with Gasteiger partial charge in [-0.15, -0.1) is 0 Å². The maximum Gasteiger partial charge on any atom is 0.323 e. The van der Waals surface area contributed by atoms with E-state index in [1.54, 1.807) is 48.5 Å². The molecule has 13 nitrogen and oxygen atoms in total. The number of imidazole rings is 1. The minimum atomic E-state index is -1.40. The number of nitrogens with zero attached hydrogens (tertiary/aromatic N) is 3. The number of aromatic nitrogens is 2. The molecule has 1 heterocycles. The standard InChI is InChI=1S/C33H38N8O5/c1-20-16-23(30(43)34-14-6-5-7-15-41(3)4)18-26(17-20)36-31(44)22-8-10-24(11-9-22)39-40-29(21(2)42)32(45)35-25-12-13-27-28(19-25)38-33(46)37-27/h8-13,16-19,29H,5-7,14-15H2,1-4H3,(H,34,43)(H,35,45)(H,36,44)(H2,37,38,46). The van der Waals surface area contributed by atoms with Crippen LogP contribution in [0.15, 0.2) is 75.7 Å². The molecule has 0 saturated carbocycles. The summed E-state index contributed by atoms with van der Waals surface area (Å²) in [7, 11) is 4.07. The van der Waals surface area contributed by atoms with E-state index in [2.05, 4.69) is 41.0 Å². The lowest BCUT2D eigenvalue weighted by atomic mass is 10.1. The van der Waals surface area contributed by atoms with Gasteiger partial charge in [0, 0.05) is 29.0 Å². The molecule has 4 aromatic rings. The number of hydrogen-bond donors (Lipinski definition) is 5. The van der Waals surface area contributed by atoms with Crippen LogP contribution in [0.5, 0.6) is 0 Å². The zero-order valence-corrected chi connectivity index (χ0v) is 26.3. The number of hydrogen-bond acceptors (Lipinski definition) is 8. The van der Waals surface area contributed by atoms with Gasteiger partial charge in [-0.3, -0.25) is 19.2 Å². The molecule has 0 bridgehead atoms. The molecule has 0 aliphatic rings. The first kappa shape index (κ1) is 33.5. The molecule has 4 rings (SSSR count). The van der Waals surface area contributed by atoms with Gasteiger partial charge in [0.05, 0.1) is 16.7 Å². The molecule has 46 heavy (non-hydrogen) atoms. The number of azo groups is 1. The van der Waals surface area contributed by atoms with Gasteiger partial charge in [-0.05, 0) is 114 Å². The number of H-pyrrole nitrogens is 2. The molecule has 0 aliphatic carbocycles. The molecular formula is C33H38N8O5. The SMILES string of the molecule is CC(=O)C(N=Nc1ccc(C(=O)Nc2cc(C)cc(C(=O)NCCCCCN(C)C)c2)cc1)C(=O)Nc1ccc2[nH]c(=O)[nH]c2c1. The zero-order valence-electron chi connectivity index (χ0n) is 26.3. The molecule has 3 aromatic carbocycles. The normalized spacial score (nSPS) is 11.9. The Morgan fingerprint density at radius 1 is 0.804 bits per heavy atom. The Bertz CT molecular complexity index is 1810. The number of aryl methyl sites for hydroxylation is 1. The number of amides is 3. The third-order valence-electron chi connectivity index (χ3n) is 7.00. The van der Waals surface area contributed by atoms with E-state index in [0.717, 1.165) is 31.4 Å². The Morgan fingerprint density at radius 2 is 1.54 bits per heavy atom. The van der Waals surface area contributed by atoms with Gasteiger partial charge in [0.2, 0.25) is 6.04 Å². The number of anilines is 2. The molecule has 240 valence electrons. The predicted octanol–water partition coefficient (Wildman–Crippen LogP) is 4.56.